The summed E-state index contributed by atoms with van der Waals surface area (Å²) in [6, 6.07) is 6.21. The standard InChI is InChI=1S/C9H13N.C3H8/c1-3-8-6-5-7-9(4-2)10-8;1-3-2/h5-7H,3-4H2,1-2H3;3H2,1-2H3. The van der Waals surface area contributed by atoms with Crippen LogP contribution in [0.5, 0.6) is 0 Å². The molecule has 1 aromatic heterocycles. The minimum atomic E-state index is 1.04. The second-order valence-electron chi connectivity index (χ2n) is 3.03. The van der Waals surface area contributed by atoms with Crippen LogP contribution in [0.25, 0.3) is 0 Å². The van der Waals surface area contributed by atoms with Crippen LogP contribution in [0.4, 0.5) is 0 Å². The van der Waals surface area contributed by atoms with Gasteiger partial charge < -0.3 is 0 Å². The first-order valence-corrected chi connectivity index (χ1v) is 5.23. The van der Waals surface area contributed by atoms with E-state index >= 15 is 0 Å². The van der Waals surface area contributed by atoms with Gasteiger partial charge in [0.05, 0.1) is 0 Å². The van der Waals surface area contributed by atoms with Crippen molar-refractivity contribution in [3.8, 4) is 0 Å². The molecule has 0 saturated carbocycles. The molecule has 0 fully saturated rings. The first-order chi connectivity index (χ1) is 6.28. The number of aryl methyl sites for hydroxylation is 2. The van der Waals surface area contributed by atoms with E-state index < -0.39 is 0 Å². The van der Waals surface area contributed by atoms with Gasteiger partial charge in [0.15, 0.2) is 0 Å². The first kappa shape index (κ1) is 12.2. The summed E-state index contributed by atoms with van der Waals surface area (Å²) in [7, 11) is 0. The highest BCUT2D eigenvalue weighted by Crippen LogP contribution is 1.99. The average Bonchev–Trinajstić information content (AvgIpc) is 2.19. The van der Waals surface area contributed by atoms with Crippen molar-refractivity contribution in [2.45, 2.75) is 47.0 Å². The molecular formula is C12H21N. The highest BCUT2D eigenvalue weighted by Gasteiger charge is 1.91. The predicted octanol–water partition coefficient (Wildman–Crippen LogP) is 3.62. The lowest BCUT2D eigenvalue weighted by atomic mass is 10.2. The van der Waals surface area contributed by atoms with E-state index in [1.807, 2.05) is 0 Å². The number of rotatable bonds is 2. The van der Waals surface area contributed by atoms with Crippen LogP contribution in [0.1, 0.15) is 45.5 Å². The van der Waals surface area contributed by atoms with Gasteiger partial charge in [0.2, 0.25) is 0 Å². The topological polar surface area (TPSA) is 12.9 Å². The second kappa shape index (κ2) is 7.78. The largest absolute Gasteiger partial charge is 0.258 e. The van der Waals surface area contributed by atoms with Crippen molar-refractivity contribution in [3.63, 3.8) is 0 Å². The molecule has 0 aliphatic carbocycles. The van der Waals surface area contributed by atoms with Gasteiger partial charge >= 0.3 is 0 Å². The zero-order valence-electron chi connectivity index (χ0n) is 9.30. The summed E-state index contributed by atoms with van der Waals surface area (Å²) >= 11 is 0. The number of pyridine rings is 1. The normalized spacial score (nSPS) is 8.92. The van der Waals surface area contributed by atoms with Crippen molar-refractivity contribution in [2.24, 2.45) is 0 Å². The molecule has 1 nitrogen and oxygen atoms in total. The molecule has 1 heterocycles. The van der Waals surface area contributed by atoms with Crippen molar-refractivity contribution in [1.29, 1.82) is 0 Å². The molecule has 0 amide bonds. The molecule has 13 heavy (non-hydrogen) atoms. The number of hydrogen-bond donors (Lipinski definition) is 0. The summed E-state index contributed by atoms with van der Waals surface area (Å²) in [5.41, 5.74) is 2.39. The smallest absolute Gasteiger partial charge is 0.0404 e. The highest BCUT2D eigenvalue weighted by molar-refractivity contribution is 5.10. The lowest BCUT2D eigenvalue weighted by Gasteiger charge is -1.97. The molecule has 1 aromatic rings. The predicted molar refractivity (Wildman–Crippen MR) is 59.0 cm³/mol. The third-order valence-electron chi connectivity index (χ3n) is 1.59. The molecule has 74 valence electrons. The minimum Gasteiger partial charge on any atom is -0.258 e. The molecule has 0 aromatic carbocycles. The maximum Gasteiger partial charge on any atom is 0.0404 e. The van der Waals surface area contributed by atoms with Gasteiger partial charge in [0, 0.05) is 11.4 Å². The van der Waals surface area contributed by atoms with Gasteiger partial charge in [-0.3, -0.25) is 4.98 Å². The van der Waals surface area contributed by atoms with E-state index in [-0.39, 0.29) is 0 Å². The molecule has 1 heteroatoms. The maximum absolute atomic E-state index is 4.41. The Balaban J connectivity index is 0.000000424. The Labute approximate surface area is 82.2 Å². The molecule has 0 N–H and O–H groups in total. The molecule has 0 atom stereocenters. The zero-order chi connectivity index (χ0) is 10.1. The van der Waals surface area contributed by atoms with Crippen LogP contribution in [0.15, 0.2) is 18.2 Å². The molecule has 0 unspecified atom stereocenters. The molecule has 0 radical (unpaired) electrons. The van der Waals surface area contributed by atoms with E-state index in [1.165, 1.54) is 17.8 Å². The number of hydrogen-bond acceptors (Lipinski definition) is 1. The molecule has 0 aliphatic heterocycles. The van der Waals surface area contributed by atoms with Crippen molar-refractivity contribution >= 4 is 0 Å². The summed E-state index contributed by atoms with van der Waals surface area (Å²) in [5, 5.41) is 0. The molecule has 0 saturated heterocycles. The van der Waals surface area contributed by atoms with Crippen molar-refractivity contribution in [3.05, 3.63) is 29.6 Å². The first-order valence-electron chi connectivity index (χ1n) is 5.23. The summed E-state index contributed by atoms with van der Waals surface area (Å²) in [5.74, 6) is 0. The molecular weight excluding hydrogens is 158 g/mol. The van der Waals surface area contributed by atoms with Crippen LogP contribution in [0.3, 0.4) is 0 Å². The van der Waals surface area contributed by atoms with E-state index in [0.29, 0.717) is 0 Å². The third-order valence-corrected chi connectivity index (χ3v) is 1.59. The molecule has 0 bridgehead atoms. The lowest BCUT2D eigenvalue weighted by molar-refractivity contribution is 0.955. The SMILES string of the molecule is CCC.CCc1cccc(CC)n1. The molecule has 1 rings (SSSR count). The van der Waals surface area contributed by atoms with Gasteiger partial charge in [-0.1, -0.05) is 40.2 Å². The van der Waals surface area contributed by atoms with E-state index in [4.69, 9.17) is 0 Å². The van der Waals surface area contributed by atoms with Crippen LogP contribution >= 0.6 is 0 Å². The van der Waals surface area contributed by atoms with Gasteiger partial charge in [-0.25, -0.2) is 0 Å². The Hall–Kier alpha value is -0.850. The second-order valence-corrected chi connectivity index (χ2v) is 3.03. The fraction of sp³-hybridized carbons (Fsp3) is 0.583. The van der Waals surface area contributed by atoms with Crippen molar-refractivity contribution in [2.75, 3.05) is 0 Å². The molecule has 0 spiro atoms. The van der Waals surface area contributed by atoms with Crippen molar-refractivity contribution < 1.29 is 0 Å². The number of nitrogens with zero attached hydrogens (tertiary/aromatic N) is 1. The van der Waals surface area contributed by atoms with Gasteiger partial charge in [-0.2, -0.15) is 0 Å². The Bertz CT molecular complexity index is 199. The van der Waals surface area contributed by atoms with Crippen LogP contribution in [-0.4, -0.2) is 4.98 Å². The third kappa shape index (κ3) is 5.40. The van der Waals surface area contributed by atoms with E-state index in [9.17, 15) is 0 Å². The summed E-state index contributed by atoms with van der Waals surface area (Å²) in [4.78, 5) is 4.41. The van der Waals surface area contributed by atoms with Gasteiger partial charge in [-0.15, -0.1) is 0 Å². The summed E-state index contributed by atoms with van der Waals surface area (Å²) in [6.07, 6.45) is 3.32. The monoisotopic (exact) mass is 179 g/mol. The Morgan fingerprint density at radius 2 is 1.31 bits per heavy atom. The van der Waals surface area contributed by atoms with Gasteiger partial charge in [-0.05, 0) is 25.0 Å². The average molecular weight is 179 g/mol. The van der Waals surface area contributed by atoms with E-state index in [1.54, 1.807) is 0 Å². The van der Waals surface area contributed by atoms with E-state index in [0.717, 1.165) is 12.8 Å². The molecule has 0 aliphatic rings. The van der Waals surface area contributed by atoms with Crippen LogP contribution in [0, 0.1) is 0 Å². The fourth-order valence-corrected chi connectivity index (χ4v) is 0.923. The fourth-order valence-electron chi connectivity index (χ4n) is 0.923. The highest BCUT2D eigenvalue weighted by atomic mass is 14.7. The minimum absolute atomic E-state index is 1.04. The Morgan fingerprint density at radius 3 is 1.62 bits per heavy atom. The Morgan fingerprint density at radius 1 is 0.923 bits per heavy atom. The number of aromatic nitrogens is 1. The summed E-state index contributed by atoms with van der Waals surface area (Å²) < 4.78 is 0. The van der Waals surface area contributed by atoms with Crippen LogP contribution in [-0.2, 0) is 12.8 Å². The maximum atomic E-state index is 4.41. The zero-order valence-corrected chi connectivity index (χ0v) is 9.30. The van der Waals surface area contributed by atoms with Crippen LogP contribution in [0.2, 0.25) is 0 Å². The lowest BCUT2D eigenvalue weighted by Crippen LogP contribution is -1.91. The summed E-state index contributed by atoms with van der Waals surface area (Å²) in [6.45, 7) is 8.50. The van der Waals surface area contributed by atoms with Crippen LogP contribution < -0.4 is 0 Å². The van der Waals surface area contributed by atoms with Gasteiger partial charge in [0.25, 0.3) is 0 Å². The van der Waals surface area contributed by atoms with E-state index in [2.05, 4.69) is 50.9 Å². The van der Waals surface area contributed by atoms with Gasteiger partial charge in [0.1, 0.15) is 0 Å². The van der Waals surface area contributed by atoms with Crippen molar-refractivity contribution in [1.82, 2.24) is 4.98 Å². The quantitative estimate of drug-likeness (QED) is 0.675. The Kier molecular flexibility index (Phi) is 7.27.